The third-order valence-corrected chi connectivity index (χ3v) is 0. The van der Waals surface area contributed by atoms with Crippen LogP contribution in [0.25, 0.3) is 0 Å². The molecule has 0 aliphatic rings. The van der Waals surface area contributed by atoms with E-state index in [1.807, 2.05) is 0 Å². The first kappa shape index (κ1) is 29.3. The van der Waals surface area contributed by atoms with Crippen LogP contribution < -0.4 is 44.9 Å². The van der Waals surface area contributed by atoms with Crippen LogP contribution in [0, 0.1) is 0 Å². The van der Waals surface area contributed by atoms with Crippen molar-refractivity contribution >= 4 is 55.6 Å². The summed E-state index contributed by atoms with van der Waals surface area (Å²) < 4.78 is 0. The number of carbonyl (C=O) groups excluding carboxylic acids is 3. The summed E-state index contributed by atoms with van der Waals surface area (Å²) >= 11 is 0. The Hall–Kier alpha value is 0.670. The Morgan fingerprint density at radius 3 is 0.714 bits per heavy atom. The summed E-state index contributed by atoms with van der Waals surface area (Å²) in [5, 5.41) is 26.7. The molecule has 0 heterocycles. The molecule has 8 heteroatoms. The van der Waals surface area contributed by atoms with Crippen LogP contribution in [0.2, 0.25) is 0 Å². The molecule has 14 heavy (non-hydrogen) atoms. The second kappa shape index (κ2) is 23.5. The minimum atomic E-state index is -1.08. The molecule has 0 bridgehead atoms. The fourth-order valence-corrected chi connectivity index (χ4v) is 0. The van der Waals surface area contributed by atoms with E-state index in [0.29, 0.717) is 0 Å². The standard InChI is InChI=1S/3C2H4O2.Ca.Na/c3*1-2(3)4;;/h3*1H3,(H,3,4);;/q;;;+2;+1/p-3. The van der Waals surface area contributed by atoms with Gasteiger partial charge in [-0.05, 0) is 20.8 Å². The van der Waals surface area contributed by atoms with Crippen molar-refractivity contribution in [2.24, 2.45) is 0 Å². The Morgan fingerprint density at radius 2 is 0.714 bits per heavy atom. The second-order valence-electron chi connectivity index (χ2n) is 1.47. The van der Waals surface area contributed by atoms with E-state index in [9.17, 15) is 0 Å². The third kappa shape index (κ3) is 3850. The van der Waals surface area contributed by atoms with Crippen LogP contribution in [0.4, 0.5) is 0 Å². The van der Waals surface area contributed by atoms with Crippen LogP contribution in [-0.2, 0) is 14.4 Å². The van der Waals surface area contributed by atoms with Crippen molar-refractivity contribution in [3.05, 3.63) is 0 Å². The average Bonchev–Trinajstić information content (AvgIpc) is 1.54. The summed E-state index contributed by atoms with van der Waals surface area (Å²) in [6.07, 6.45) is 0. The molecule has 0 radical (unpaired) electrons. The average molecular weight is 240 g/mol. The molecule has 0 aromatic heterocycles. The van der Waals surface area contributed by atoms with Crippen molar-refractivity contribution < 1.29 is 59.3 Å². The summed E-state index contributed by atoms with van der Waals surface area (Å²) in [6, 6.07) is 0. The van der Waals surface area contributed by atoms with Crippen molar-refractivity contribution in [3.8, 4) is 0 Å². The molecule has 72 valence electrons. The van der Waals surface area contributed by atoms with Gasteiger partial charge in [0.25, 0.3) is 0 Å². The number of aliphatic carboxylic acids is 3. The third-order valence-electron chi connectivity index (χ3n) is 0. The minimum absolute atomic E-state index is 0. The quantitative estimate of drug-likeness (QED) is 0.388. The molecule has 0 fully saturated rings. The Morgan fingerprint density at radius 1 is 0.714 bits per heavy atom. The van der Waals surface area contributed by atoms with E-state index >= 15 is 0 Å². The molecule has 0 N–H and O–H groups in total. The van der Waals surface area contributed by atoms with E-state index in [1.54, 1.807) is 0 Å². The van der Waals surface area contributed by atoms with Gasteiger partial charge in [0, 0.05) is 17.9 Å². The number of carboxylic acids is 3. The molecular formula is C6H9CaNaO6. The molecule has 0 aliphatic heterocycles. The molecule has 6 nitrogen and oxygen atoms in total. The molecule has 0 saturated heterocycles. The SMILES string of the molecule is CC(=O)[O-].CC(=O)[O-].CC(=O)[O-].[Ca+2].[Na+]. The molecule has 0 aliphatic carbocycles. The van der Waals surface area contributed by atoms with Gasteiger partial charge in [-0.3, -0.25) is 0 Å². The number of rotatable bonds is 0. The molecular weight excluding hydrogens is 231 g/mol. The largest absolute Gasteiger partial charge is 2.00 e. The summed E-state index contributed by atoms with van der Waals surface area (Å²) in [5.74, 6) is -3.25. The minimum Gasteiger partial charge on any atom is -0.550 e. The van der Waals surface area contributed by atoms with Crippen molar-refractivity contribution in [1.82, 2.24) is 0 Å². The first-order chi connectivity index (χ1) is 5.20. The zero-order chi connectivity index (χ0) is 10.7. The summed E-state index contributed by atoms with van der Waals surface area (Å²) in [4.78, 5) is 26.7. The van der Waals surface area contributed by atoms with Gasteiger partial charge in [-0.1, -0.05) is 0 Å². The molecule has 0 aromatic rings. The number of hydrogen-bond donors (Lipinski definition) is 0. The number of hydrogen-bond acceptors (Lipinski definition) is 6. The van der Waals surface area contributed by atoms with Gasteiger partial charge in [-0.25, -0.2) is 0 Å². The topological polar surface area (TPSA) is 120 Å². The Labute approximate surface area is 134 Å². The van der Waals surface area contributed by atoms with Crippen LogP contribution >= 0.6 is 0 Å². The van der Waals surface area contributed by atoms with Crippen LogP contribution in [0.3, 0.4) is 0 Å². The molecule has 0 aromatic carbocycles. The van der Waals surface area contributed by atoms with E-state index in [-0.39, 0.29) is 67.3 Å². The van der Waals surface area contributed by atoms with E-state index in [0.717, 1.165) is 20.8 Å². The van der Waals surface area contributed by atoms with Crippen molar-refractivity contribution in [3.63, 3.8) is 0 Å². The van der Waals surface area contributed by atoms with Gasteiger partial charge < -0.3 is 29.7 Å². The molecule has 0 spiro atoms. The zero-order valence-corrected chi connectivity index (χ0v) is 12.9. The first-order valence-corrected chi connectivity index (χ1v) is 2.72. The predicted molar refractivity (Wildman–Crippen MR) is 37.8 cm³/mol. The van der Waals surface area contributed by atoms with Gasteiger partial charge in [0.15, 0.2) is 0 Å². The monoisotopic (exact) mass is 240 g/mol. The van der Waals surface area contributed by atoms with Crippen LogP contribution in [0.5, 0.6) is 0 Å². The van der Waals surface area contributed by atoms with Crippen molar-refractivity contribution in [2.75, 3.05) is 0 Å². The molecule has 0 unspecified atom stereocenters. The van der Waals surface area contributed by atoms with E-state index in [2.05, 4.69) is 0 Å². The van der Waals surface area contributed by atoms with Gasteiger partial charge in [0.1, 0.15) is 0 Å². The fraction of sp³-hybridized carbons (Fsp3) is 0.500. The number of carboxylic acid groups (broad SMARTS) is 3. The fourth-order valence-electron chi connectivity index (χ4n) is 0. The van der Waals surface area contributed by atoms with Crippen molar-refractivity contribution in [2.45, 2.75) is 20.8 Å². The Balaban J connectivity index is -0.0000000270. The maximum Gasteiger partial charge on any atom is 2.00 e. The molecule has 0 saturated carbocycles. The normalized spacial score (nSPS) is 5.36. The number of carbonyl (C=O) groups is 3. The first-order valence-electron chi connectivity index (χ1n) is 2.72. The van der Waals surface area contributed by atoms with Crippen LogP contribution in [0.1, 0.15) is 20.8 Å². The van der Waals surface area contributed by atoms with Crippen LogP contribution in [0.15, 0.2) is 0 Å². The smallest absolute Gasteiger partial charge is 0.550 e. The van der Waals surface area contributed by atoms with Gasteiger partial charge in [0.05, 0.1) is 0 Å². The summed E-state index contributed by atoms with van der Waals surface area (Å²) in [6.45, 7) is 2.92. The van der Waals surface area contributed by atoms with Gasteiger partial charge in [0.2, 0.25) is 0 Å². The summed E-state index contributed by atoms with van der Waals surface area (Å²) in [5.41, 5.74) is 0. The Bertz CT molecular complexity index is 120. The van der Waals surface area contributed by atoms with Gasteiger partial charge in [-0.2, -0.15) is 0 Å². The van der Waals surface area contributed by atoms with Crippen LogP contribution in [-0.4, -0.2) is 55.6 Å². The Kier molecular flexibility index (Phi) is 49.1. The molecule has 0 rings (SSSR count). The zero-order valence-electron chi connectivity index (χ0n) is 8.66. The summed E-state index contributed by atoms with van der Waals surface area (Å²) in [7, 11) is 0. The van der Waals surface area contributed by atoms with Gasteiger partial charge >= 0.3 is 67.3 Å². The van der Waals surface area contributed by atoms with E-state index < -0.39 is 17.9 Å². The maximum absolute atomic E-state index is 8.89. The second-order valence-corrected chi connectivity index (χ2v) is 1.47. The van der Waals surface area contributed by atoms with Crippen molar-refractivity contribution in [1.29, 1.82) is 0 Å². The molecule has 0 atom stereocenters. The van der Waals surface area contributed by atoms with Gasteiger partial charge in [-0.15, -0.1) is 0 Å². The predicted octanol–water partition coefficient (Wildman–Crippen LogP) is -7.11. The van der Waals surface area contributed by atoms with E-state index in [1.165, 1.54) is 0 Å². The maximum atomic E-state index is 8.89. The molecule has 0 amide bonds. The van der Waals surface area contributed by atoms with E-state index in [4.69, 9.17) is 29.7 Å².